The van der Waals surface area contributed by atoms with Crippen LogP contribution in [0.4, 0.5) is 0 Å². The average molecular weight is 281 g/mol. The largest absolute Gasteiger partial charge is 0.396 e. The highest BCUT2D eigenvalue weighted by molar-refractivity contribution is 5.27. The van der Waals surface area contributed by atoms with Crippen LogP contribution in [-0.4, -0.2) is 28.0 Å². The Morgan fingerprint density at radius 1 is 1.25 bits per heavy atom. The molecule has 0 saturated carbocycles. The first-order valence-corrected chi connectivity index (χ1v) is 7.71. The van der Waals surface area contributed by atoms with Crippen molar-refractivity contribution in [2.75, 3.05) is 13.2 Å². The molecule has 0 aliphatic carbocycles. The zero-order valence-electron chi connectivity index (χ0n) is 13.9. The summed E-state index contributed by atoms with van der Waals surface area (Å²) in [5.74, 6) is 1.21. The molecular formula is C16H31N3O. The summed E-state index contributed by atoms with van der Waals surface area (Å²) in [6, 6.07) is 0.303. The first-order valence-electron chi connectivity index (χ1n) is 7.71. The molecule has 0 radical (unpaired) electrons. The van der Waals surface area contributed by atoms with Crippen molar-refractivity contribution < 1.29 is 5.11 Å². The van der Waals surface area contributed by atoms with Gasteiger partial charge in [0.25, 0.3) is 0 Å². The van der Waals surface area contributed by atoms with Gasteiger partial charge in [0, 0.05) is 31.0 Å². The Labute approximate surface area is 123 Å². The zero-order valence-corrected chi connectivity index (χ0v) is 13.9. The predicted octanol–water partition coefficient (Wildman–Crippen LogP) is 2.73. The second-order valence-electron chi connectivity index (χ2n) is 6.35. The lowest BCUT2D eigenvalue weighted by Crippen LogP contribution is -2.28. The molecule has 4 nitrogen and oxygen atoms in total. The smallest absolute Gasteiger partial charge is 0.0644 e. The van der Waals surface area contributed by atoms with Crippen LogP contribution < -0.4 is 5.32 Å². The fourth-order valence-corrected chi connectivity index (χ4v) is 3.01. The maximum absolute atomic E-state index is 9.18. The fourth-order valence-electron chi connectivity index (χ4n) is 3.01. The van der Waals surface area contributed by atoms with Crippen LogP contribution >= 0.6 is 0 Å². The summed E-state index contributed by atoms with van der Waals surface area (Å²) in [6.07, 6.45) is 2.04. The van der Waals surface area contributed by atoms with E-state index in [1.807, 2.05) is 11.7 Å². The van der Waals surface area contributed by atoms with E-state index in [1.54, 1.807) is 0 Å². The lowest BCUT2D eigenvalue weighted by Gasteiger charge is -2.22. The molecule has 0 fully saturated rings. The normalized spacial score (nSPS) is 14.8. The first-order chi connectivity index (χ1) is 9.36. The molecule has 1 aromatic rings. The van der Waals surface area contributed by atoms with Gasteiger partial charge < -0.3 is 10.4 Å². The summed E-state index contributed by atoms with van der Waals surface area (Å²) in [4.78, 5) is 0. The molecule has 1 heterocycles. The molecular weight excluding hydrogens is 250 g/mol. The van der Waals surface area contributed by atoms with Gasteiger partial charge in [-0.1, -0.05) is 13.8 Å². The quantitative estimate of drug-likeness (QED) is 0.770. The highest BCUT2D eigenvalue weighted by Gasteiger charge is 2.18. The number of aliphatic hydroxyl groups excluding tert-OH is 1. The third-order valence-electron chi connectivity index (χ3n) is 4.05. The third-order valence-corrected chi connectivity index (χ3v) is 4.05. The Hall–Kier alpha value is -0.870. The monoisotopic (exact) mass is 281 g/mol. The average Bonchev–Trinajstić information content (AvgIpc) is 2.60. The Morgan fingerprint density at radius 3 is 2.35 bits per heavy atom. The van der Waals surface area contributed by atoms with E-state index < -0.39 is 0 Å². The molecule has 2 unspecified atom stereocenters. The van der Waals surface area contributed by atoms with Crippen LogP contribution in [0.5, 0.6) is 0 Å². The van der Waals surface area contributed by atoms with Crippen LogP contribution in [0.1, 0.15) is 56.6 Å². The molecule has 1 rings (SSSR count). The van der Waals surface area contributed by atoms with Crippen molar-refractivity contribution in [2.24, 2.45) is 18.9 Å². The lowest BCUT2D eigenvalue weighted by molar-refractivity contribution is 0.237. The number of aryl methyl sites for hydroxylation is 2. The summed E-state index contributed by atoms with van der Waals surface area (Å²) in [5, 5.41) is 17.3. The molecule has 2 N–H and O–H groups in total. The van der Waals surface area contributed by atoms with Gasteiger partial charge in [-0.2, -0.15) is 5.10 Å². The van der Waals surface area contributed by atoms with E-state index in [0.717, 1.165) is 25.1 Å². The van der Waals surface area contributed by atoms with Gasteiger partial charge in [-0.3, -0.25) is 4.68 Å². The fraction of sp³-hybridized carbons (Fsp3) is 0.812. The zero-order chi connectivity index (χ0) is 15.3. The van der Waals surface area contributed by atoms with E-state index in [1.165, 1.54) is 11.3 Å². The Kier molecular flexibility index (Phi) is 6.69. The molecule has 0 amide bonds. The van der Waals surface area contributed by atoms with Gasteiger partial charge >= 0.3 is 0 Å². The number of hydrogen-bond acceptors (Lipinski definition) is 3. The van der Waals surface area contributed by atoms with E-state index in [4.69, 9.17) is 0 Å². The minimum absolute atomic E-state index is 0.276. The number of hydrogen-bond donors (Lipinski definition) is 2. The summed E-state index contributed by atoms with van der Waals surface area (Å²) in [5.41, 5.74) is 3.64. The standard InChI is InChI=1S/C16H31N3O/c1-11(2)9-15(7-8-20)10-17-12(3)16-13(4)18-19(6)14(16)5/h11-12,15,17,20H,7-10H2,1-6H3. The van der Waals surface area contributed by atoms with E-state index in [-0.39, 0.29) is 6.61 Å². The molecule has 0 spiro atoms. The van der Waals surface area contributed by atoms with Crippen molar-refractivity contribution >= 4 is 0 Å². The summed E-state index contributed by atoms with van der Waals surface area (Å²) < 4.78 is 1.95. The van der Waals surface area contributed by atoms with Gasteiger partial charge in [0.2, 0.25) is 0 Å². The van der Waals surface area contributed by atoms with Gasteiger partial charge in [0.1, 0.15) is 0 Å². The van der Waals surface area contributed by atoms with Crippen LogP contribution in [0, 0.1) is 25.7 Å². The molecule has 0 saturated heterocycles. The highest BCUT2D eigenvalue weighted by atomic mass is 16.3. The molecule has 0 aliphatic rings. The van der Waals surface area contributed by atoms with Gasteiger partial charge in [0.05, 0.1) is 5.69 Å². The van der Waals surface area contributed by atoms with Crippen LogP contribution in [0.3, 0.4) is 0 Å². The second kappa shape index (κ2) is 7.79. The van der Waals surface area contributed by atoms with Gasteiger partial charge in [0.15, 0.2) is 0 Å². The van der Waals surface area contributed by atoms with Crippen molar-refractivity contribution in [1.82, 2.24) is 15.1 Å². The summed E-state index contributed by atoms with van der Waals surface area (Å²) in [7, 11) is 1.99. The minimum Gasteiger partial charge on any atom is -0.396 e. The van der Waals surface area contributed by atoms with Crippen molar-refractivity contribution in [3.63, 3.8) is 0 Å². The number of nitrogens with zero attached hydrogens (tertiary/aromatic N) is 2. The van der Waals surface area contributed by atoms with Crippen molar-refractivity contribution in [3.05, 3.63) is 17.0 Å². The maximum Gasteiger partial charge on any atom is 0.0644 e. The highest BCUT2D eigenvalue weighted by Crippen LogP contribution is 2.22. The Morgan fingerprint density at radius 2 is 1.90 bits per heavy atom. The van der Waals surface area contributed by atoms with Crippen molar-refractivity contribution in [3.8, 4) is 0 Å². The van der Waals surface area contributed by atoms with E-state index in [2.05, 4.69) is 45.0 Å². The number of rotatable bonds is 8. The third kappa shape index (κ3) is 4.60. The molecule has 0 aromatic carbocycles. The van der Waals surface area contributed by atoms with E-state index >= 15 is 0 Å². The van der Waals surface area contributed by atoms with Crippen molar-refractivity contribution in [2.45, 2.75) is 53.5 Å². The maximum atomic E-state index is 9.18. The minimum atomic E-state index is 0.276. The molecule has 0 bridgehead atoms. The Balaban J connectivity index is 2.62. The summed E-state index contributed by atoms with van der Waals surface area (Å²) >= 11 is 0. The molecule has 116 valence electrons. The summed E-state index contributed by atoms with van der Waals surface area (Å²) in [6.45, 7) is 12.1. The lowest BCUT2D eigenvalue weighted by atomic mass is 9.94. The van der Waals surface area contributed by atoms with Gasteiger partial charge in [-0.05, 0) is 52.0 Å². The molecule has 20 heavy (non-hydrogen) atoms. The SMILES string of the molecule is Cc1nn(C)c(C)c1C(C)NCC(CCO)CC(C)C. The first kappa shape index (κ1) is 17.2. The number of nitrogens with one attached hydrogen (secondary N) is 1. The second-order valence-corrected chi connectivity index (χ2v) is 6.35. The van der Waals surface area contributed by atoms with Crippen LogP contribution in [0.15, 0.2) is 0 Å². The molecule has 0 aliphatic heterocycles. The van der Waals surface area contributed by atoms with Crippen LogP contribution in [-0.2, 0) is 7.05 Å². The van der Waals surface area contributed by atoms with Gasteiger partial charge in [-0.15, -0.1) is 0 Å². The van der Waals surface area contributed by atoms with Crippen LogP contribution in [0.25, 0.3) is 0 Å². The van der Waals surface area contributed by atoms with Gasteiger partial charge in [-0.25, -0.2) is 0 Å². The number of aliphatic hydroxyl groups is 1. The topological polar surface area (TPSA) is 50.1 Å². The molecule has 4 heteroatoms. The Bertz CT molecular complexity index is 412. The predicted molar refractivity (Wildman–Crippen MR) is 83.7 cm³/mol. The molecule has 1 aromatic heterocycles. The molecule has 2 atom stereocenters. The van der Waals surface area contributed by atoms with Crippen LogP contribution in [0.2, 0.25) is 0 Å². The van der Waals surface area contributed by atoms with E-state index in [9.17, 15) is 5.11 Å². The van der Waals surface area contributed by atoms with E-state index in [0.29, 0.717) is 17.9 Å². The van der Waals surface area contributed by atoms with Crippen molar-refractivity contribution in [1.29, 1.82) is 0 Å². The number of aromatic nitrogens is 2.